The summed E-state index contributed by atoms with van der Waals surface area (Å²) in [5.74, 6) is -1.11. The van der Waals surface area contributed by atoms with Crippen molar-refractivity contribution in [2.24, 2.45) is 0 Å². The van der Waals surface area contributed by atoms with E-state index in [1.165, 1.54) is 26.4 Å². The van der Waals surface area contributed by atoms with E-state index in [2.05, 4.69) is 13.2 Å². The first-order valence-corrected chi connectivity index (χ1v) is 7.30. The van der Waals surface area contributed by atoms with Crippen molar-refractivity contribution in [3.05, 3.63) is 71.6 Å². The zero-order valence-electron chi connectivity index (χ0n) is 13.7. The van der Waals surface area contributed by atoms with Crippen molar-refractivity contribution in [1.29, 1.82) is 0 Å². The molecule has 2 rings (SSSR count). The Kier molecular flexibility index (Phi) is 5.37. The summed E-state index contributed by atoms with van der Waals surface area (Å²) in [6.07, 6.45) is 3.02. The van der Waals surface area contributed by atoms with Gasteiger partial charge in [-0.3, -0.25) is 0 Å². The molecule has 5 heteroatoms. The van der Waals surface area contributed by atoms with Crippen LogP contribution in [0.5, 0.6) is 0 Å². The number of methoxy groups -OCH3 is 2. The van der Waals surface area contributed by atoms with Crippen LogP contribution in [0.4, 0.5) is 0 Å². The summed E-state index contributed by atoms with van der Waals surface area (Å²) in [5.41, 5.74) is 2.40. The highest BCUT2D eigenvalue weighted by molar-refractivity contribution is 6.01. The minimum Gasteiger partial charge on any atom is -0.464 e. The normalized spacial score (nSPS) is 10.1. The van der Waals surface area contributed by atoms with Gasteiger partial charge in [0.25, 0.3) is 0 Å². The van der Waals surface area contributed by atoms with Crippen molar-refractivity contribution in [2.75, 3.05) is 14.2 Å². The monoisotopic (exact) mass is 325 g/mol. The molecule has 24 heavy (non-hydrogen) atoms. The van der Waals surface area contributed by atoms with Gasteiger partial charge in [-0.2, -0.15) is 0 Å². The Balaban J connectivity index is 2.78. The van der Waals surface area contributed by atoms with Gasteiger partial charge in [-0.05, 0) is 5.56 Å². The van der Waals surface area contributed by atoms with E-state index < -0.39 is 11.9 Å². The fourth-order valence-electron chi connectivity index (χ4n) is 2.63. The number of hydrogen-bond donors (Lipinski definition) is 0. The zero-order valence-corrected chi connectivity index (χ0v) is 13.7. The first kappa shape index (κ1) is 17.3. The largest absolute Gasteiger partial charge is 0.464 e. The van der Waals surface area contributed by atoms with Gasteiger partial charge in [0, 0.05) is 17.7 Å². The molecule has 0 radical (unpaired) electrons. The topological polar surface area (TPSA) is 57.5 Å². The maximum atomic E-state index is 12.3. The van der Waals surface area contributed by atoms with E-state index in [9.17, 15) is 9.59 Å². The summed E-state index contributed by atoms with van der Waals surface area (Å²) in [6, 6.07) is 9.48. The van der Waals surface area contributed by atoms with Crippen LogP contribution >= 0.6 is 0 Å². The number of ether oxygens (including phenoxy) is 2. The molecule has 0 aliphatic rings. The predicted octanol–water partition coefficient (Wildman–Crippen LogP) is 3.40. The Morgan fingerprint density at radius 3 is 1.79 bits per heavy atom. The summed E-state index contributed by atoms with van der Waals surface area (Å²) < 4.78 is 11.4. The summed E-state index contributed by atoms with van der Waals surface area (Å²) in [7, 11) is 2.58. The van der Waals surface area contributed by atoms with Gasteiger partial charge in [0.2, 0.25) is 0 Å². The molecule has 5 nitrogen and oxygen atoms in total. The number of nitrogens with zero attached hydrogens (tertiary/aromatic N) is 1. The molecule has 0 atom stereocenters. The second kappa shape index (κ2) is 7.46. The van der Waals surface area contributed by atoms with Gasteiger partial charge in [-0.25, -0.2) is 9.59 Å². The van der Waals surface area contributed by atoms with Crippen molar-refractivity contribution in [3.63, 3.8) is 0 Å². The number of aromatic nitrogens is 1. The lowest BCUT2D eigenvalue weighted by Crippen LogP contribution is -2.18. The molecule has 1 aromatic heterocycles. The second-order valence-electron chi connectivity index (χ2n) is 4.99. The first-order chi connectivity index (χ1) is 11.6. The average Bonchev–Trinajstić information content (AvgIpc) is 2.94. The summed E-state index contributed by atoms with van der Waals surface area (Å²) in [4.78, 5) is 24.6. The Morgan fingerprint density at radius 1 is 0.958 bits per heavy atom. The molecule has 1 aromatic carbocycles. The molecule has 0 saturated heterocycles. The fraction of sp³-hybridized carbons (Fsp3) is 0.158. The van der Waals surface area contributed by atoms with E-state index >= 15 is 0 Å². The zero-order chi connectivity index (χ0) is 17.7. The third-order valence-corrected chi connectivity index (χ3v) is 3.69. The Bertz CT molecular complexity index is 742. The number of carbonyl (C=O) groups is 2. The Labute approximate surface area is 140 Å². The SMILES string of the molecule is C=Cc1c(C=C)c(C(=O)OC)n(Cc2ccccc2)c1C(=O)OC. The molecule has 2 aromatic rings. The number of rotatable bonds is 6. The molecular formula is C19H19NO4. The molecule has 0 unspecified atom stereocenters. The maximum absolute atomic E-state index is 12.3. The quantitative estimate of drug-likeness (QED) is 0.764. The lowest BCUT2D eigenvalue weighted by molar-refractivity contribution is 0.0578. The lowest BCUT2D eigenvalue weighted by Gasteiger charge is -2.12. The highest BCUT2D eigenvalue weighted by Crippen LogP contribution is 2.28. The highest BCUT2D eigenvalue weighted by Gasteiger charge is 2.29. The molecule has 0 amide bonds. The smallest absolute Gasteiger partial charge is 0.355 e. The average molecular weight is 325 g/mol. The first-order valence-electron chi connectivity index (χ1n) is 7.30. The van der Waals surface area contributed by atoms with E-state index in [1.807, 2.05) is 30.3 Å². The molecule has 0 aliphatic carbocycles. The maximum Gasteiger partial charge on any atom is 0.355 e. The molecule has 124 valence electrons. The van der Waals surface area contributed by atoms with Crippen molar-refractivity contribution in [2.45, 2.75) is 6.54 Å². The van der Waals surface area contributed by atoms with E-state index in [0.29, 0.717) is 17.7 Å². The van der Waals surface area contributed by atoms with E-state index in [1.54, 1.807) is 4.57 Å². The Morgan fingerprint density at radius 2 is 1.42 bits per heavy atom. The van der Waals surface area contributed by atoms with Crippen LogP contribution in [0.25, 0.3) is 12.2 Å². The second-order valence-corrected chi connectivity index (χ2v) is 4.99. The summed E-state index contributed by atoms with van der Waals surface area (Å²) in [5, 5.41) is 0. The third kappa shape index (κ3) is 3.01. The molecule has 1 heterocycles. The molecular weight excluding hydrogens is 306 g/mol. The molecule has 0 bridgehead atoms. The van der Waals surface area contributed by atoms with Gasteiger partial charge in [-0.15, -0.1) is 0 Å². The van der Waals surface area contributed by atoms with Crippen LogP contribution in [0, 0.1) is 0 Å². The van der Waals surface area contributed by atoms with Gasteiger partial charge in [0.1, 0.15) is 11.4 Å². The lowest BCUT2D eigenvalue weighted by atomic mass is 10.1. The van der Waals surface area contributed by atoms with Crippen molar-refractivity contribution < 1.29 is 19.1 Å². The van der Waals surface area contributed by atoms with E-state index in [0.717, 1.165) is 5.56 Å². The van der Waals surface area contributed by atoms with E-state index in [-0.39, 0.29) is 11.4 Å². The van der Waals surface area contributed by atoms with E-state index in [4.69, 9.17) is 9.47 Å². The van der Waals surface area contributed by atoms with Crippen LogP contribution in [0.15, 0.2) is 43.5 Å². The molecule has 0 N–H and O–H groups in total. The number of esters is 2. The molecule has 0 spiro atoms. The summed E-state index contributed by atoms with van der Waals surface area (Å²) in [6.45, 7) is 7.79. The minimum absolute atomic E-state index is 0.242. The van der Waals surface area contributed by atoms with Crippen LogP contribution in [0.3, 0.4) is 0 Å². The van der Waals surface area contributed by atoms with Crippen molar-refractivity contribution in [3.8, 4) is 0 Å². The van der Waals surface area contributed by atoms with Crippen LogP contribution in [0.1, 0.15) is 37.7 Å². The van der Waals surface area contributed by atoms with Gasteiger partial charge in [0.05, 0.1) is 14.2 Å². The van der Waals surface area contributed by atoms with Crippen LogP contribution in [-0.2, 0) is 16.0 Å². The third-order valence-electron chi connectivity index (χ3n) is 3.69. The molecule has 0 saturated carbocycles. The van der Waals surface area contributed by atoms with Gasteiger partial charge in [-0.1, -0.05) is 55.6 Å². The predicted molar refractivity (Wildman–Crippen MR) is 92.8 cm³/mol. The van der Waals surface area contributed by atoms with Crippen molar-refractivity contribution in [1.82, 2.24) is 4.57 Å². The Hall–Kier alpha value is -3.08. The standard InChI is InChI=1S/C19H19NO4/c1-5-14-15(6-2)17(19(22)24-4)20(16(14)18(21)23-3)12-13-10-8-7-9-11-13/h5-11H,1-2,12H2,3-4H3. The number of carbonyl (C=O) groups excluding carboxylic acids is 2. The summed E-state index contributed by atoms with van der Waals surface area (Å²) >= 11 is 0. The number of benzene rings is 1. The minimum atomic E-state index is -0.556. The number of hydrogen-bond acceptors (Lipinski definition) is 4. The fourth-order valence-corrected chi connectivity index (χ4v) is 2.63. The van der Waals surface area contributed by atoms with Gasteiger partial charge < -0.3 is 14.0 Å². The highest BCUT2D eigenvalue weighted by atomic mass is 16.5. The van der Waals surface area contributed by atoms with Crippen LogP contribution in [-0.4, -0.2) is 30.7 Å². The van der Waals surface area contributed by atoms with Crippen LogP contribution in [0.2, 0.25) is 0 Å². The van der Waals surface area contributed by atoms with Crippen LogP contribution < -0.4 is 0 Å². The van der Waals surface area contributed by atoms with Crippen molar-refractivity contribution >= 4 is 24.1 Å². The van der Waals surface area contributed by atoms with Gasteiger partial charge in [0.15, 0.2) is 0 Å². The molecule has 0 aliphatic heterocycles. The van der Waals surface area contributed by atoms with Gasteiger partial charge >= 0.3 is 11.9 Å². The molecule has 0 fully saturated rings.